The average Bonchev–Trinajstić information content (AvgIpc) is 2.50. The van der Waals surface area contributed by atoms with Crippen LogP contribution in [0.5, 0.6) is 5.75 Å². The van der Waals surface area contributed by atoms with Crippen LogP contribution in [0.4, 0.5) is 0 Å². The number of hydrazone groups is 1. The average molecular weight is 282 g/mol. The number of hydrogen-bond donors (Lipinski definition) is 1. The number of carbonyl (C=O) groups is 1. The number of para-hydroxylation sites is 1. The van der Waals surface area contributed by atoms with Crippen molar-refractivity contribution in [3.05, 3.63) is 65.7 Å². The minimum Gasteiger partial charge on any atom is -0.493 e. The van der Waals surface area contributed by atoms with Gasteiger partial charge in [0.25, 0.3) is 0 Å². The summed E-state index contributed by atoms with van der Waals surface area (Å²) in [6, 6.07) is 17.1. The predicted molar refractivity (Wildman–Crippen MR) is 83.5 cm³/mol. The molecule has 0 fully saturated rings. The maximum atomic E-state index is 11.8. The topological polar surface area (TPSA) is 50.7 Å². The highest BCUT2D eigenvalue weighted by atomic mass is 16.5. The summed E-state index contributed by atoms with van der Waals surface area (Å²) in [5, 5.41) is 3.98. The van der Waals surface area contributed by atoms with Gasteiger partial charge >= 0.3 is 0 Å². The molecule has 0 saturated heterocycles. The summed E-state index contributed by atoms with van der Waals surface area (Å²) < 4.78 is 5.49. The third-order valence-corrected chi connectivity index (χ3v) is 2.82. The van der Waals surface area contributed by atoms with Gasteiger partial charge in [0.05, 0.1) is 19.2 Å². The van der Waals surface area contributed by atoms with Crippen molar-refractivity contribution in [1.82, 2.24) is 5.43 Å². The minimum atomic E-state index is -0.147. The van der Waals surface area contributed by atoms with E-state index in [0.717, 1.165) is 16.9 Å². The molecular weight excluding hydrogens is 264 g/mol. The van der Waals surface area contributed by atoms with E-state index in [1.54, 1.807) is 6.21 Å². The molecule has 1 amide bonds. The van der Waals surface area contributed by atoms with Crippen molar-refractivity contribution in [2.45, 2.75) is 13.3 Å². The van der Waals surface area contributed by atoms with Crippen LogP contribution >= 0.6 is 0 Å². The van der Waals surface area contributed by atoms with Crippen LogP contribution in [-0.4, -0.2) is 18.7 Å². The minimum absolute atomic E-state index is 0.147. The van der Waals surface area contributed by atoms with Crippen LogP contribution in [0, 0.1) is 0 Å². The van der Waals surface area contributed by atoms with Gasteiger partial charge in [0.2, 0.25) is 5.91 Å². The van der Waals surface area contributed by atoms with E-state index in [4.69, 9.17) is 4.74 Å². The molecule has 0 spiro atoms. The fraction of sp³-hybridized carbons (Fsp3) is 0.176. The molecule has 2 aromatic carbocycles. The van der Waals surface area contributed by atoms with E-state index in [2.05, 4.69) is 10.5 Å². The van der Waals surface area contributed by atoms with Gasteiger partial charge in [0.15, 0.2) is 0 Å². The molecule has 0 aromatic heterocycles. The molecule has 0 aliphatic heterocycles. The van der Waals surface area contributed by atoms with E-state index in [9.17, 15) is 4.79 Å². The summed E-state index contributed by atoms with van der Waals surface area (Å²) in [5.41, 5.74) is 4.31. The van der Waals surface area contributed by atoms with Crippen LogP contribution in [0.15, 0.2) is 59.7 Å². The Hall–Kier alpha value is -2.62. The Morgan fingerprint density at radius 3 is 2.62 bits per heavy atom. The number of nitrogens with one attached hydrogen (secondary N) is 1. The molecule has 0 saturated carbocycles. The molecule has 0 heterocycles. The quantitative estimate of drug-likeness (QED) is 0.654. The fourth-order valence-corrected chi connectivity index (χ4v) is 1.87. The highest BCUT2D eigenvalue weighted by Gasteiger charge is 2.02. The van der Waals surface area contributed by atoms with Crippen molar-refractivity contribution in [2.24, 2.45) is 5.10 Å². The predicted octanol–water partition coefficient (Wildman–Crippen LogP) is 2.78. The summed E-state index contributed by atoms with van der Waals surface area (Å²) in [5.74, 6) is 0.604. The van der Waals surface area contributed by atoms with Crippen molar-refractivity contribution in [1.29, 1.82) is 0 Å². The van der Waals surface area contributed by atoms with Gasteiger partial charge in [-0.15, -0.1) is 0 Å². The summed E-state index contributed by atoms with van der Waals surface area (Å²) in [4.78, 5) is 11.8. The summed E-state index contributed by atoms with van der Waals surface area (Å²) >= 11 is 0. The smallest absolute Gasteiger partial charge is 0.244 e. The van der Waals surface area contributed by atoms with Gasteiger partial charge in [0.1, 0.15) is 5.75 Å². The number of ether oxygens (including phenoxy) is 1. The molecule has 108 valence electrons. The molecule has 2 aromatic rings. The van der Waals surface area contributed by atoms with Crippen LogP contribution in [-0.2, 0) is 11.2 Å². The highest BCUT2D eigenvalue weighted by Crippen LogP contribution is 2.15. The summed E-state index contributed by atoms with van der Waals surface area (Å²) in [7, 11) is 0. The lowest BCUT2D eigenvalue weighted by Crippen LogP contribution is -2.19. The number of rotatable bonds is 6. The Kier molecular flexibility index (Phi) is 5.52. The number of hydrogen-bond acceptors (Lipinski definition) is 3. The van der Waals surface area contributed by atoms with Crippen molar-refractivity contribution in [3.63, 3.8) is 0 Å². The Morgan fingerprint density at radius 2 is 1.86 bits per heavy atom. The summed E-state index contributed by atoms with van der Waals surface area (Å²) in [6.45, 7) is 2.51. The monoisotopic (exact) mass is 282 g/mol. The molecule has 0 unspecified atom stereocenters. The molecular formula is C17H18N2O2. The van der Waals surface area contributed by atoms with Gasteiger partial charge in [-0.05, 0) is 24.6 Å². The van der Waals surface area contributed by atoms with E-state index in [1.165, 1.54) is 0 Å². The third kappa shape index (κ3) is 4.76. The zero-order chi connectivity index (χ0) is 14.9. The molecule has 0 aliphatic rings. The lowest BCUT2D eigenvalue weighted by Gasteiger charge is -2.05. The second-order valence-corrected chi connectivity index (χ2v) is 4.43. The molecule has 0 radical (unpaired) electrons. The van der Waals surface area contributed by atoms with E-state index in [-0.39, 0.29) is 5.91 Å². The van der Waals surface area contributed by atoms with E-state index in [1.807, 2.05) is 61.5 Å². The molecule has 21 heavy (non-hydrogen) atoms. The Balaban J connectivity index is 1.92. The van der Waals surface area contributed by atoms with E-state index >= 15 is 0 Å². The second-order valence-electron chi connectivity index (χ2n) is 4.43. The number of nitrogens with zero attached hydrogens (tertiary/aromatic N) is 1. The lowest BCUT2D eigenvalue weighted by atomic mass is 10.1. The van der Waals surface area contributed by atoms with E-state index < -0.39 is 0 Å². The number of carbonyl (C=O) groups excluding carboxylic acids is 1. The van der Waals surface area contributed by atoms with Crippen LogP contribution in [0.25, 0.3) is 0 Å². The van der Waals surface area contributed by atoms with Gasteiger partial charge < -0.3 is 4.74 Å². The maximum absolute atomic E-state index is 11.8. The van der Waals surface area contributed by atoms with Gasteiger partial charge in [-0.3, -0.25) is 4.79 Å². The van der Waals surface area contributed by atoms with Crippen LogP contribution in [0.2, 0.25) is 0 Å². The number of benzene rings is 2. The molecule has 0 bridgehead atoms. The molecule has 0 aliphatic carbocycles. The van der Waals surface area contributed by atoms with Crippen molar-refractivity contribution >= 4 is 12.1 Å². The Morgan fingerprint density at radius 1 is 1.14 bits per heavy atom. The van der Waals surface area contributed by atoms with Gasteiger partial charge in [0, 0.05) is 5.56 Å². The molecule has 4 heteroatoms. The lowest BCUT2D eigenvalue weighted by molar-refractivity contribution is -0.120. The van der Waals surface area contributed by atoms with Gasteiger partial charge in [-0.2, -0.15) is 5.10 Å². The second kappa shape index (κ2) is 7.85. The number of amides is 1. The van der Waals surface area contributed by atoms with Crippen molar-refractivity contribution < 1.29 is 9.53 Å². The van der Waals surface area contributed by atoms with Gasteiger partial charge in [-0.25, -0.2) is 5.43 Å². The first-order valence-electron chi connectivity index (χ1n) is 6.87. The summed E-state index contributed by atoms with van der Waals surface area (Å²) in [6.07, 6.45) is 1.90. The van der Waals surface area contributed by atoms with Crippen molar-refractivity contribution in [2.75, 3.05) is 6.61 Å². The first-order valence-corrected chi connectivity index (χ1v) is 6.87. The van der Waals surface area contributed by atoms with Crippen LogP contribution in [0.1, 0.15) is 18.1 Å². The Bertz CT molecular complexity index is 609. The Labute approximate surface area is 124 Å². The molecule has 2 rings (SSSR count). The molecule has 0 atom stereocenters. The molecule has 4 nitrogen and oxygen atoms in total. The molecule has 1 N–H and O–H groups in total. The third-order valence-electron chi connectivity index (χ3n) is 2.82. The normalized spacial score (nSPS) is 10.5. The SMILES string of the molecule is CCOc1ccccc1C=NNC(=O)Cc1ccccc1. The van der Waals surface area contributed by atoms with E-state index in [0.29, 0.717) is 13.0 Å². The highest BCUT2D eigenvalue weighted by molar-refractivity contribution is 5.85. The zero-order valence-corrected chi connectivity index (χ0v) is 12.0. The first-order chi connectivity index (χ1) is 10.3. The van der Waals surface area contributed by atoms with Crippen molar-refractivity contribution in [3.8, 4) is 5.75 Å². The van der Waals surface area contributed by atoms with Crippen LogP contribution in [0.3, 0.4) is 0 Å². The largest absolute Gasteiger partial charge is 0.493 e. The fourth-order valence-electron chi connectivity index (χ4n) is 1.87. The van der Waals surface area contributed by atoms with Gasteiger partial charge in [-0.1, -0.05) is 42.5 Å². The first kappa shape index (κ1) is 14.8. The van der Waals surface area contributed by atoms with Crippen LogP contribution < -0.4 is 10.2 Å². The maximum Gasteiger partial charge on any atom is 0.244 e. The zero-order valence-electron chi connectivity index (χ0n) is 12.0. The standard InChI is InChI=1S/C17H18N2O2/c1-2-21-16-11-7-6-10-15(16)13-18-19-17(20)12-14-8-4-3-5-9-14/h3-11,13H,2,12H2,1H3,(H,19,20).